The van der Waals surface area contributed by atoms with Crippen molar-refractivity contribution in [2.45, 2.75) is 43.0 Å². The highest BCUT2D eigenvalue weighted by atomic mass is 79.9. The molecule has 1 saturated heterocycles. The van der Waals surface area contributed by atoms with E-state index in [4.69, 9.17) is 6.42 Å². The van der Waals surface area contributed by atoms with Crippen molar-refractivity contribution in [2.24, 2.45) is 11.8 Å². The van der Waals surface area contributed by atoms with Gasteiger partial charge in [-0.25, -0.2) is 8.42 Å². The summed E-state index contributed by atoms with van der Waals surface area (Å²) in [7, 11) is -3.54. The third-order valence-corrected chi connectivity index (χ3v) is 7.02. The van der Waals surface area contributed by atoms with Crippen LogP contribution in [-0.4, -0.2) is 30.1 Å². The normalized spacial score (nSPS) is 28.0. The van der Waals surface area contributed by atoms with Gasteiger partial charge >= 0.3 is 0 Å². The molecule has 0 aromatic heterocycles. The minimum atomic E-state index is -3.54. The average Bonchev–Trinajstić information content (AvgIpc) is 2.46. The molecule has 5 heteroatoms. The monoisotopic (exact) mass is 383 g/mol. The number of alkyl halides is 1. The van der Waals surface area contributed by atoms with Crippen LogP contribution in [0.1, 0.15) is 25.8 Å². The average molecular weight is 384 g/mol. The molecule has 0 radical (unpaired) electrons. The molecule has 0 amide bonds. The van der Waals surface area contributed by atoms with E-state index in [1.807, 2.05) is 26.0 Å². The Morgan fingerprint density at radius 1 is 1.36 bits per heavy atom. The number of hydrogen-bond acceptors (Lipinski definition) is 2. The summed E-state index contributed by atoms with van der Waals surface area (Å²) in [6.07, 6.45) is 6.50. The Bertz CT molecular complexity index is 663. The summed E-state index contributed by atoms with van der Waals surface area (Å²) >= 11 is 3.65. The lowest BCUT2D eigenvalue weighted by molar-refractivity contribution is 0.189. The molecule has 1 aliphatic rings. The summed E-state index contributed by atoms with van der Waals surface area (Å²) in [5.41, 5.74) is 1.04. The highest BCUT2D eigenvalue weighted by Gasteiger charge is 2.42. The first kappa shape index (κ1) is 17.5. The SMILES string of the molecule is C#C[C@H](C)[C@@H]1[C@@H](Br)C[C@H](C)CN1S(=O)(=O)c1ccc(C)cc1. The van der Waals surface area contributed by atoms with Gasteiger partial charge in [0.15, 0.2) is 0 Å². The van der Waals surface area contributed by atoms with E-state index < -0.39 is 10.0 Å². The lowest BCUT2D eigenvalue weighted by Gasteiger charge is -2.42. The van der Waals surface area contributed by atoms with Gasteiger partial charge in [-0.05, 0) is 38.3 Å². The van der Waals surface area contributed by atoms with Crippen LogP contribution in [-0.2, 0) is 10.0 Å². The fourth-order valence-corrected chi connectivity index (χ4v) is 6.36. The molecule has 0 unspecified atom stereocenters. The van der Waals surface area contributed by atoms with Crippen LogP contribution in [0.5, 0.6) is 0 Å². The summed E-state index contributed by atoms with van der Waals surface area (Å²) in [6.45, 7) is 6.43. The van der Waals surface area contributed by atoms with E-state index in [1.54, 1.807) is 16.4 Å². The van der Waals surface area contributed by atoms with Crippen molar-refractivity contribution in [1.82, 2.24) is 4.31 Å². The predicted octanol–water partition coefficient (Wildman–Crippen LogP) is 3.43. The minimum Gasteiger partial charge on any atom is -0.207 e. The summed E-state index contributed by atoms with van der Waals surface area (Å²) in [5.74, 6) is 2.86. The lowest BCUT2D eigenvalue weighted by Crippen LogP contribution is -2.54. The number of sulfonamides is 1. The lowest BCUT2D eigenvalue weighted by atomic mass is 9.89. The van der Waals surface area contributed by atoms with Gasteiger partial charge in [0.2, 0.25) is 10.0 Å². The van der Waals surface area contributed by atoms with E-state index >= 15 is 0 Å². The maximum absolute atomic E-state index is 13.1. The van der Waals surface area contributed by atoms with Gasteiger partial charge in [-0.15, -0.1) is 12.3 Å². The van der Waals surface area contributed by atoms with Crippen LogP contribution >= 0.6 is 15.9 Å². The van der Waals surface area contributed by atoms with E-state index in [1.165, 1.54) is 0 Å². The number of rotatable bonds is 3. The second-order valence-electron chi connectivity index (χ2n) is 6.19. The molecule has 0 bridgehead atoms. The maximum atomic E-state index is 13.1. The Hall–Kier alpha value is -0.830. The van der Waals surface area contributed by atoms with Gasteiger partial charge < -0.3 is 0 Å². The topological polar surface area (TPSA) is 37.4 Å². The molecule has 22 heavy (non-hydrogen) atoms. The molecule has 0 spiro atoms. The molecule has 0 saturated carbocycles. The first-order valence-electron chi connectivity index (χ1n) is 7.46. The highest BCUT2D eigenvalue weighted by molar-refractivity contribution is 9.09. The first-order chi connectivity index (χ1) is 10.3. The number of benzene rings is 1. The van der Waals surface area contributed by atoms with Crippen molar-refractivity contribution in [3.63, 3.8) is 0 Å². The zero-order valence-corrected chi connectivity index (χ0v) is 15.6. The number of piperidine rings is 1. The molecule has 1 heterocycles. The second kappa shape index (κ2) is 6.74. The van der Waals surface area contributed by atoms with Gasteiger partial charge in [-0.2, -0.15) is 4.31 Å². The molecular weight excluding hydrogens is 362 g/mol. The Morgan fingerprint density at radius 3 is 2.50 bits per heavy atom. The Morgan fingerprint density at radius 2 is 1.95 bits per heavy atom. The summed E-state index contributed by atoms with van der Waals surface area (Å²) < 4.78 is 27.7. The number of terminal acetylenes is 1. The molecule has 0 N–H and O–H groups in total. The first-order valence-corrected chi connectivity index (χ1v) is 9.81. The Balaban J connectivity index is 2.45. The zero-order valence-electron chi connectivity index (χ0n) is 13.2. The summed E-state index contributed by atoms with van der Waals surface area (Å²) in [5, 5.41) is 0. The molecule has 1 fully saturated rings. The van der Waals surface area contributed by atoms with Crippen molar-refractivity contribution >= 4 is 26.0 Å². The molecule has 2 rings (SSSR count). The van der Waals surface area contributed by atoms with Gasteiger partial charge in [-0.1, -0.05) is 40.5 Å². The molecule has 120 valence electrons. The largest absolute Gasteiger partial charge is 0.243 e. The zero-order chi connectivity index (χ0) is 16.5. The number of nitrogens with zero attached hydrogens (tertiary/aromatic N) is 1. The number of halogens is 1. The van der Waals surface area contributed by atoms with Crippen molar-refractivity contribution < 1.29 is 8.42 Å². The molecule has 0 aliphatic carbocycles. The fraction of sp³-hybridized carbons (Fsp3) is 0.529. The van der Waals surface area contributed by atoms with E-state index in [2.05, 4.69) is 28.8 Å². The minimum absolute atomic E-state index is 0.0718. The van der Waals surface area contributed by atoms with Crippen molar-refractivity contribution in [3.05, 3.63) is 29.8 Å². The third kappa shape index (κ3) is 3.40. The maximum Gasteiger partial charge on any atom is 0.243 e. The van der Waals surface area contributed by atoms with E-state index in [0.29, 0.717) is 17.4 Å². The summed E-state index contributed by atoms with van der Waals surface area (Å²) in [6, 6.07) is 6.78. The van der Waals surface area contributed by atoms with Crippen molar-refractivity contribution in [2.75, 3.05) is 6.54 Å². The Kier molecular flexibility index (Phi) is 5.37. The van der Waals surface area contributed by atoms with E-state index in [9.17, 15) is 8.42 Å². The van der Waals surface area contributed by atoms with Crippen LogP contribution in [0.4, 0.5) is 0 Å². The van der Waals surface area contributed by atoms with Crippen LogP contribution in [0.3, 0.4) is 0 Å². The smallest absolute Gasteiger partial charge is 0.207 e. The molecule has 3 nitrogen and oxygen atoms in total. The van der Waals surface area contributed by atoms with Crippen LogP contribution in [0.2, 0.25) is 0 Å². The number of hydrogen-bond donors (Lipinski definition) is 0. The molecule has 1 aliphatic heterocycles. The molecule has 4 atom stereocenters. The second-order valence-corrected chi connectivity index (χ2v) is 9.26. The van der Waals surface area contributed by atoms with Gasteiger partial charge in [0, 0.05) is 17.3 Å². The highest BCUT2D eigenvalue weighted by Crippen LogP contribution is 2.35. The molecule has 1 aromatic carbocycles. The van der Waals surface area contributed by atoms with Crippen LogP contribution in [0, 0.1) is 31.1 Å². The van der Waals surface area contributed by atoms with E-state index in [0.717, 1.165) is 12.0 Å². The molecule has 1 aromatic rings. The Labute approximate surface area is 142 Å². The number of aryl methyl sites for hydroxylation is 1. The summed E-state index contributed by atoms with van der Waals surface area (Å²) in [4.78, 5) is 0.406. The van der Waals surface area contributed by atoms with Crippen LogP contribution in [0.25, 0.3) is 0 Å². The predicted molar refractivity (Wildman–Crippen MR) is 93.4 cm³/mol. The van der Waals surface area contributed by atoms with Crippen molar-refractivity contribution in [3.8, 4) is 12.3 Å². The van der Waals surface area contributed by atoms with Crippen molar-refractivity contribution in [1.29, 1.82) is 0 Å². The van der Waals surface area contributed by atoms with Gasteiger partial charge in [0.05, 0.1) is 10.9 Å². The van der Waals surface area contributed by atoms with E-state index in [-0.39, 0.29) is 16.8 Å². The molecular formula is C17H22BrNO2S. The fourth-order valence-electron chi connectivity index (χ4n) is 2.97. The van der Waals surface area contributed by atoms with Gasteiger partial charge in [0.25, 0.3) is 0 Å². The van der Waals surface area contributed by atoms with Gasteiger partial charge in [-0.3, -0.25) is 0 Å². The standard InChI is InChI=1S/C17H22BrNO2S/c1-5-14(4)17-16(18)10-13(3)11-19(17)22(20,21)15-8-6-12(2)7-9-15/h1,6-9,13-14,16-17H,10-11H2,2-4H3/t13-,14-,16-,17+/m0/s1. The van der Waals surface area contributed by atoms with Crippen LogP contribution < -0.4 is 0 Å². The van der Waals surface area contributed by atoms with Crippen LogP contribution in [0.15, 0.2) is 29.2 Å². The quantitative estimate of drug-likeness (QED) is 0.592. The van der Waals surface area contributed by atoms with Gasteiger partial charge in [0.1, 0.15) is 0 Å². The third-order valence-electron chi connectivity index (χ3n) is 4.23.